The van der Waals surface area contributed by atoms with Gasteiger partial charge in [0.2, 0.25) is 0 Å². The number of nitrogens with zero attached hydrogens (tertiary/aromatic N) is 2. The summed E-state index contributed by atoms with van der Waals surface area (Å²) in [5, 5.41) is 16.5. The quantitative estimate of drug-likeness (QED) is 0.853. The summed E-state index contributed by atoms with van der Waals surface area (Å²) in [5.74, 6) is -0.261. The van der Waals surface area contributed by atoms with Gasteiger partial charge in [-0.15, -0.1) is 0 Å². The Hall–Kier alpha value is -1.85. The molecule has 0 saturated heterocycles. The Bertz CT molecular complexity index is 680. The normalized spacial score (nSPS) is 12.2. The molecule has 5 nitrogen and oxygen atoms in total. The number of amides is 1. The SMILES string of the molecule is Cc1ccc(Cn2nc(C)c(C(=O)N[C@H](C)CCO)c2Cl)cc1. The van der Waals surface area contributed by atoms with Crippen molar-refractivity contribution in [1.29, 1.82) is 0 Å². The molecule has 0 fully saturated rings. The van der Waals surface area contributed by atoms with Crippen molar-refractivity contribution in [2.45, 2.75) is 39.8 Å². The second kappa shape index (κ2) is 7.62. The van der Waals surface area contributed by atoms with E-state index in [-0.39, 0.29) is 18.6 Å². The number of hydrogen-bond donors (Lipinski definition) is 2. The summed E-state index contributed by atoms with van der Waals surface area (Å²) in [6.07, 6.45) is 0.500. The average molecular weight is 336 g/mol. The molecule has 0 spiro atoms. The molecule has 23 heavy (non-hydrogen) atoms. The van der Waals surface area contributed by atoms with Crippen LogP contribution in [-0.2, 0) is 6.54 Å². The van der Waals surface area contributed by atoms with Gasteiger partial charge >= 0.3 is 0 Å². The van der Waals surface area contributed by atoms with Gasteiger partial charge in [0.15, 0.2) is 0 Å². The van der Waals surface area contributed by atoms with Crippen molar-refractivity contribution >= 4 is 17.5 Å². The summed E-state index contributed by atoms with van der Waals surface area (Å²) in [7, 11) is 0. The highest BCUT2D eigenvalue weighted by Gasteiger charge is 2.21. The van der Waals surface area contributed by atoms with Gasteiger partial charge in [0.1, 0.15) is 5.15 Å². The van der Waals surface area contributed by atoms with Crippen LogP contribution in [0.15, 0.2) is 24.3 Å². The molecule has 0 saturated carbocycles. The Labute approximate surface area is 141 Å². The van der Waals surface area contributed by atoms with E-state index < -0.39 is 0 Å². The highest BCUT2D eigenvalue weighted by atomic mass is 35.5. The van der Waals surface area contributed by atoms with Crippen molar-refractivity contribution in [3.63, 3.8) is 0 Å². The van der Waals surface area contributed by atoms with Crippen LogP contribution in [0.4, 0.5) is 0 Å². The number of aliphatic hydroxyl groups excluding tert-OH is 1. The number of aromatic nitrogens is 2. The van der Waals surface area contributed by atoms with E-state index in [1.54, 1.807) is 11.6 Å². The summed E-state index contributed by atoms with van der Waals surface area (Å²) in [6, 6.07) is 7.98. The summed E-state index contributed by atoms with van der Waals surface area (Å²) in [4.78, 5) is 12.4. The number of carbonyl (C=O) groups is 1. The lowest BCUT2D eigenvalue weighted by Gasteiger charge is -2.12. The van der Waals surface area contributed by atoms with Crippen LogP contribution < -0.4 is 5.32 Å². The number of rotatable bonds is 6. The van der Waals surface area contributed by atoms with E-state index in [1.807, 2.05) is 38.1 Å². The van der Waals surface area contributed by atoms with E-state index in [9.17, 15) is 4.79 Å². The van der Waals surface area contributed by atoms with Crippen molar-refractivity contribution in [2.75, 3.05) is 6.61 Å². The molecule has 2 N–H and O–H groups in total. The first kappa shape index (κ1) is 17.5. The lowest BCUT2D eigenvalue weighted by Crippen LogP contribution is -2.33. The number of hydrogen-bond acceptors (Lipinski definition) is 3. The van der Waals surface area contributed by atoms with Crippen LogP contribution in [0.1, 0.15) is 40.5 Å². The highest BCUT2D eigenvalue weighted by Crippen LogP contribution is 2.21. The van der Waals surface area contributed by atoms with Gasteiger partial charge < -0.3 is 10.4 Å². The minimum absolute atomic E-state index is 0.0286. The molecule has 1 heterocycles. The predicted molar refractivity (Wildman–Crippen MR) is 90.9 cm³/mol. The Kier molecular flexibility index (Phi) is 5.80. The molecule has 124 valence electrons. The molecule has 0 aliphatic rings. The van der Waals surface area contributed by atoms with Crippen LogP contribution in [0.2, 0.25) is 5.15 Å². The van der Waals surface area contributed by atoms with Gasteiger partial charge in [0.25, 0.3) is 5.91 Å². The van der Waals surface area contributed by atoms with Gasteiger partial charge in [-0.3, -0.25) is 4.79 Å². The second-order valence-electron chi connectivity index (χ2n) is 5.78. The Morgan fingerprint density at radius 2 is 2.00 bits per heavy atom. The second-order valence-corrected chi connectivity index (χ2v) is 6.14. The van der Waals surface area contributed by atoms with E-state index in [0.29, 0.717) is 29.4 Å². The monoisotopic (exact) mass is 335 g/mol. The molecule has 1 aromatic carbocycles. The van der Waals surface area contributed by atoms with Crippen LogP contribution in [0.5, 0.6) is 0 Å². The zero-order valence-electron chi connectivity index (χ0n) is 13.6. The maximum Gasteiger partial charge on any atom is 0.256 e. The van der Waals surface area contributed by atoms with Crippen molar-refractivity contribution in [3.8, 4) is 0 Å². The molecule has 2 rings (SSSR count). The summed E-state index contributed by atoms with van der Waals surface area (Å²) < 4.78 is 1.63. The van der Waals surface area contributed by atoms with Crippen molar-refractivity contribution < 1.29 is 9.90 Å². The highest BCUT2D eigenvalue weighted by molar-refractivity contribution is 6.33. The van der Waals surface area contributed by atoms with E-state index in [2.05, 4.69) is 10.4 Å². The fourth-order valence-electron chi connectivity index (χ4n) is 2.34. The number of aryl methyl sites for hydroxylation is 2. The standard InChI is InChI=1S/C17H22ClN3O2/c1-11-4-6-14(7-5-11)10-21-16(18)15(13(3)20-21)17(23)19-12(2)8-9-22/h4-7,12,22H,8-10H2,1-3H3,(H,19,23)/t12-/m1/s1. The van der Waals surface area contributed by atoms with Crippen molar-refractivity contribution in [1.82, 2.24) is 15.1 Å². The molecule has 2 aromatic rings. The fraction of sp³-hybridized carbons (Fsp3) is 0.412. The molecule has 1 atom stereocenters. The predicted octanol–water partition coefficient (Wildman–Crippen LogP) is 2.70. The third kappa shape index (κ3) is 4.33. The summed E-state index contributed by atoms with van der Waals surface area (Å²) >= 11 is 6.36. The molecule has 0 aliphatic heterocycles. The van der Waals surface area contributed by atoms with Gasteiger partial charge in [0.05, 0.1) is 17.8 Å². The number of benzene rings is 1. The van der Waals surface area contributed by atoms with Crippen LogP contribution >= 0.6 is 11.6 Å². The van der Waals surface area contributed by atoms with E-state index in [4.69, 9.17) is 16.7 Å². The fourth-order valence-corrected chi connectivity index (χ4v) is 2.66. The minimum atomic E-state index is -0.261. The maximum atomic E-state index is 12.4. The van der Waals surface area contributed by atoms with E-state index in [0.717, 1.165) is 5.56 Å². The average Bonchev–Trinajstić information content (AvgIpc) is 2.76. The van der Waals surface area contributed by atoms with Crippen LogP contribution in [0, 0.1) is 13.8 Å². The maximum absolute atomic E-state index is 12.4. The molecule has 6 heteroatoms. The van der Waals surface area contributed by atoms with Crippen molar-refractivity contribution in [3.05, 3.63) is 51.8 Å². The molecular weight excluding hydrogens is 314 g/mol. The lowest BCUT2D eigenvalue weighted by atomic mass is 10.1. The molecule has 0 aliphatic carbocycles. The topological polar surface area (TPSA) is 67.2 Å². The Morgan fingerprint density at radius 1 is 1.35 bits per heavy atom. The van der Waals surface area contributed by atoms with Gasteiger partial charge in [-0.05, 0) is 32.8 Å². The van der Waals surface area contributed by atoms with Gasteiger partial charge in [-0.1, -0.05) is 41.4 Å². The van der Waals surface area contributed by atoms with Gasteiger partial charge in [-0.25, -0.2) is 4.68 Å². The third-order valence-corrected chi connectivity index (χ3v) is 4.07. The summed E-state index contributed by atoms with van der Waals surface area (Å²) in [6.45, 7) is 6.18. The first-order chi connectivity index (χ1) is 10.9. The van der Waals surface area contributed by atoms with Gasteiger partial charge in [-0.2, -0.15) is 5.10 Å². The van der Waals surface area contributed by atoms with E-state index >= 15 is 0 Å². The molecule has 0 unspecified atom stereocenters. The number of nitrogens with one attached hydrogen (secondary N) is 1. The zero-order valence-corrected chi connectivity index (χ0v) is 14.4. The number of carbonyl (C=O) groups excluding carboxylic acids is 1. The van der Waals surface area contributed by atoms with E-state index in [1.165, 1.54) is 5.56 Å². The number of aliphatic hydroxyl groups is 1. The van der Waals surface area contributed by atoms with Crippen LogP contribution in [0.25, 0.3) is 0 Å². The molecule has 1 amide bonds. The van der Waals surface area contributed by atoms with Crippen LogP contribution in [0.3, 0.4) is 0 Å². The number of halogens is 1. The van der Waals surface area contributed by atoms with Gasteiger partial charge in [0, 0.05) is 12.6 Å². The van der Waals surface area contributed by atoms with Crippen LogP contribution in [-0.4, -0.2) is 33.4 Å². The lowest BCUT2D eigenvalue weighted by molar-refractivity contribution is 0.0934. The molecular formula is C17H22ClN3O2. The first-order valence-corrected chi connectivity index (χ1v) is 8.00. The molecule has 0 radical (unpaired) electrons. The Balaban J connectivity index is 2.18. The third-order valence-electron chi connectivity index (χ3n) is 3.69. The first-order valence-electron chi connectivity index (χ1n) is 7.62. The van der Waals surface area contributed by atoms with Crippen molar-refractivity contribution in [2.24, 2.45) is 0 Å². The summed E-state index contributed by atoms with van der Waals surface area (Å²) in [5.41, 5.74) is 3.24. The molecule has 0 bridgehead atoms. The smallest absolute Gasteiger partial charge is 0.256 e. The largest absolute Gasteiger partial charge is 0.396 e. The molecule has 1 aromatic heterocycles. The minimum Gasteiger partial charge on any atom is -0.396 e. The zero-order chi connectivity index (χ0) is 17.0. The Morgan fingerprint density at radius 3 is 2.61 bits per heavy atom.